The number of halogens is 1. The zero-order chi connectivity index (χ0) is 9.97. The number of anilines is 2. The van der Waals surface area contributed by atoms with Crippen molar-refractivity contribution in [3.63, 3.8) is 0 Å². The van der Waals surface area contributed by atoms with Crippen molar-refractivity contribution < 1.29 is 0 Å². The number of hydrogen-bond acceptors (Lipinski definition) is 3. The van der Waals surface area contributed by atoms with E-state index < -0.39 is 0 Å². The molecule has 0 bridgehead atoms. The molecule has 1 aliphatic heterocycles. The van der Waals surface area contributed by atoms with Gasteiger partial charge < -0.3 is 11.1 Å². The average Bonchev–Trinajstić information content (AvgIpc) is 2.64. The Morgan fingerprint density at radius 3 is 3.00 bits per heavy atom. The fraction of sp³-hybridized carbons (Fsp3) is 0.400. The molecule has 4 heteroatoms. The number of nitrogens with one attached hydrogen (secondary N) is 1. The molecule has 1 saturated heterocycles. The summed E-state index contributed by atoms with van der Waals surface area (Å²) in [7, 11) is 0. The van der Waals surface area contributed by atoms with Crippen LogP contribution in [0.5, 0.6) is 0 Å². The van der Waals surface area contributed by atoms with E-state index in [0.29, 0.717) is 11.1 Å². The van der Waals surface area contributed by atoms with Gasteiger partial charge in [0.2, 0.25) is 0 Å². The summed E-state index contributed by atoms with van der Waals surface area (Å²) < 4.78 is 0. The number of thioether (sulfide) groups is 1. The number of para-hydroxylation sites is 1. The Hall–Kier alpha value is -0.540. The second kappa shape index (κ2) is 4.32. The van der Waals surface area contributed by atoms with Crippen LogP contribution < -0.4 is 11.1 Å². The molecule has 1 atom stereocenters. The van der Waals surface area contributed by atoms with Gasteiger partial charge in [0.1, 0.15) is 0 Å². The van der Waals surface area contributed by atoms with Gasteiger partial charge in [-0.2, -0.15) is 11.8 Å². The third-order valence-corrected chi connectivity index (χ3v) is 3.80. The van der Waals surface area contributed by atoms with E-state index in [1.807, 2.05) is 30.0 Å². The third kappa shape index (κ3) is 2.10. The highest BCUT2D eigenvalue weighted by Gasteiger charge is 2.16. The van der Waals surface area contributed by atoms with E-state index in [4.69, 9.17) is 17.3 Å². The number of rotatable bonds is 2. The molecule has 0 amide bonds. The highest BCUT2D eigenvalue weighted by molar-refractivity contribution is 7.99. The molecule has 1 aliphatic rings. The molecule has 1 unspecified atom stereocenters. The van der Waals surface area contributed by atoms with Crippen LogP contribution in [0.1, 0.15) is 6.42 Å². The maximum Gasteiger partial charge on any atom is 0.0765 e. The molecule has 76 valence electrons. The summed E-state index contributed by atoms with van der Waals surface area (Å²) in [5.74, 6) is 2.37. The van der Waals surface area contributed by atoms with Gasteiger partial charge in [-0.15, -0.1) is 0 Å². The molecular formula is C10H13ClN2S. The van der Waals surface area contributed by atoms with Crippen LogP contribution in [0.4, 0.5) is 11.4 Å². The molecule has 1 aromatic carbocycles. The summed E-state index contributed by atoms with van der Waals surface area (Å²) in [6.45, 7) is 0. The normalized spacial score (nSPS) is 21.1. The fourth-order valence-electron chi connectivity index (χ4n) is 1.55. The van der Waals surface area contributed by atoms with Gasteiger partial charge in [-0.1, -0.05) is 17.7 Å². The summed E-state index contributed by atoms with van der Waals surface area (Å²) in [4.78, 5) is 0. The Balaban J connectivity index is 2.14. The van der Waals surface area contributed by atoms with Crippen LogP contribution in [0, 0.1) is 0 Å². The van der Waals surface area contributed by atoms with E-state index in [1.54, 1.807) is 0 Å². The smallest absolute Gasteiger partial charge is 0.0765 e. The lowest BCUT2D eigenvalue weighted by atomic mass is 10.2. The molecule has 0 radical (unpaired) electrons. The van der Waals surface area contributed by atoms with Crippen LogP contribution in [0.15, 0.2) is 18.2 Å². The summed E-state index contributed by atoms with van der Waals surface area (Å²) >= 11 is 8.03. The lowest BCUT2D eigenvalue weighted by Gasteiger charge is -2.15. The molecule has 0 spiro atoms. The van der Waals surface area contributed by atoms with Crippen LogP contribution in [-0.4, -0.2) is 17.5 Å². The predicted molar refractivity (Wildman–Crippen MR) is 65.2 cm³/mol. The van der Waals surface area contributed by atoms with Gasteiger partial charge in [-0.05, 0) is 24.3 Å². The van der Waals surface area contributed by atoms with Gasteiger partial charge in [0.15, 0.2) is 0 Å². The number of hydrogen-bond donors (Lipinski definition) is 2. The summed E-state index contributed by atoms with van der Waals surface area (Å²) in [5, 5.41) is 4.11. The molecule has 1 heterocycles. The van der Waals surface area contributed by atoms with Crippen molar-refractivity contribution in [3.05, 3.63) is 23.2 Å². The first-order valence-corrected chi connectivity index (χ1v) is 6.19. The molecule has 0 saturated carbocycles. The minimum Gasteiger partial charge on any atom is -0.397 e. The van der Waals surface area contributed by atoms with Crippen molar-refractivity contribution in [1.82, 2.24) is 0 Å². The van der Waals surface area contributed by atoms with E-state index in [1.165, 1.54) is 12.2 Å². The van der Waals surface area contributed by atoms with Gasteiger partial charge in [-0.25, -0.2) is 0 Å². The maximum absolute atomic E-state index is 6.06. The Morgan fingerprint density at radius 1 is 1.50 bits per heavy atom. The van der Waals surface area contributed by atoms with Gasteiger partial charge in [0, 0.05) is 11.8 Å². The monoisotopic (exact) mass is 228 g/mol. The molecule has 2 rings (SSSR count). The molecule has 3 N–H and O–H groups in total. The van der Waals surface area contributed by atoms with E-state index in [2.05, 4.69) is 5.32 Å². The number of nitrogens with two attached hydrogens (primary N) is 1. The van der Waals surface area contributed by atoms with Crippen LogP contribution >= 0.6 is 23.4 Å². The molecule has 1 fully saturated rings. The topological polar surface area (TPSA) is 38.0 Å². The quantitative estimate of drug-likeness (QED) is 0.765. The highest BCUT2D eigenvalue weighted by Crippen LogP contribution is 2.30. The highest BCUT2D eigenvalue weighted by atomic mass is 35.5. The van der Waals surface area contributed by atoms with Crippen molar-refractivity contribution >= 4 is 34.7 Å². The van der Waals surface area contributed by atoms with Gasteiger partial charge in [0.25, 0.3) is 0 Å². The van der Waals surface area contributed by atoms with Gasteiger partial charge in [-0.3, -0.25) is 0 Å². The largest absolute Gasteiger partial charge is 0.397 e. The zero-order valence-electron chi connectivity index (χ0n) is 7.79. The SMILES string of the molecule is Nc1cccc(Cl)c1NC1CCSC1. The Labute approximate surface area is 93.2 Å². The Morgan fingerprint density at radius 2 is 2.36 bits per heavy atom. The summed E-state index contributed by atoms with van der Waals surface area (Å²) in [6, 6.07) is 6.12. The van der Waals surface area contributed by atoms with Crippen molar-refractivity contribution in [3.8, 4) is 0 Å². The molecular weight excluding hydrogens is 216 g/mol. The Bertz CT molecular complexity index is 304. The van der Waals surface area contributed by atoms with Crippen molar-refractivity contribution in [2.45, 2.75) is 12.5 Å². The molecule has 2 nitrogen and oxygen atoms in total. The van der Waals surface area contributed by atoms with E-state index in [9.17, 15) is 0 Å². The van der Waals surface area contributed by atoms with E-state index in [-0.39, 0.29) is 0 Å². The van der Waals surface area contributed by atoms with E-state index in [0.717, 1.165) is 17.1 Å². The first-order chi connectivity index (χ1) is 6.77. The minimum absolute atomic E-state index is 0.516. The first kappa shape index (κ1) is 9.99. The minimum atomic E-state index is 0.516. The fourth-order valence-corrected chi connectivity index (χ4v) is 2.93. The zero-order valence-corrected chi connectivity index (χ0v) is 9.37. The van der Waals surface area contributed by atoms with E-state index >= 15 is 0 Å². The third-order valence-electron chi connectivity index (χ3n) is 2.32. The summed E-state index contributed by atoms with van der Waals surface area (Å²) in [5.41, 5.74) is 7.47. The first-order valence-electron chi connectivity index (χ1n) is 4.65. The lowest BCUT2D eigenvalue weighted by molar-refractivity contribution is 0.813. The van der Waals surface area contributed by atoms with Gasteiger partial charge in [0.05, 0.1) is 16.4 Å². The molecule has 0 aliphatic carbocycles. The van der Waals surface area contributed by atoms with Crippen molar-refractivity contribution in [2.75, 3.05) is 22.6 Å². The number of nitrogen functional groups attached to an aromatic ring is 1. The predicted octanol–water partition coefficient (Wildman–Crippen LogP) is 2.84. The average molecular weight is 229 g/mol. The maximum atomic E-state index is 6.06. The van der Waals surface area contributed by atoms with Crippen LogP contribution in [0.25, 0.3) is 0 Å². The Kier molecular flexibility index (Phi) is 3.08. The van der Waals surface area contributed by atoms with Crippen molar-refractivity contribution in [2.24, 2.45) is 0 Å². The number of benzene rings is 1. The molecule has 1 aromatic rings. The van der Waals surface area contributed by atoms with Crippen molar-refractivity contribution in [1.29, 1.82) is 0 Å². The van der Waals surface area contributed by atoms with Crippen LogP contribution in [0.3, 0.4) is 0 Å². The van der Waals surface area contributed by atoms with Crippen LogP contribution in [0.2, 0.25) is 5.02 Å². The van der Waals surface area contributed by atoms with Gasteiger partial charge >= 0.3 is 0 Å². The summed E-state index contributed by atoms with van der Waals surface area (Å²) in [6.07, 6.45) is 1.19. The standard InChI is InChI=1S/C10H13ClN2S/c11-8-2-1-3-9(12)10(8)13-7-4-5-14-6-7/h1-3,7,13H,4-6,12H2. The van der Waals surface area contributed by atoms with Crippen LogP contribution in [-0.2, 0) is 0 Å². The molecule has 0 aromatic heterocycles. The second-order valence-corrected chi connectivity index (χ2v) is 4.97. The lowest BCUT2D eigenvalue weighted by Crippen LogP contribution is -2.19. The second-order valence-electron chi connectivity index (χ2n) is 3.41. The molecule has 14 heavy (non-hydrogen) atoms.